The fraction of sp³-hybridized carbons (Fsp3) is 0.700. The molecule has 1 aliphatic carbocycles. The summed E-state index contributed by atoms with van der Waals surface area (Å²) in [4.78, 5) is 4.23. The molecule has 1 aromatic rings. The van der Waals surface area contributed by atoms with E-state index >= 15 is 0 Å². The third-order valence-corrected chi connectivity index (χ3v) is 3.36. The van der Waals surface area contributed by atoms with Gasteiger partial charge < -0.3 is 15.5 Å². The molecule has 0 unspecified atom stereocenters. The number of nitrogens with one attached hydrogen (secondary N) is 1. The largest absolute Gasteiger partial charge is 0.428 e. The zero-order valence-corrected chi connectivity index (χ0v) is 8.12. The first-order valence-corrected chi connectivity index (χ1v) is 5.33. The highest BCUT2D eigenvalue weighted by Crippen LogP contribution is 2.37. The van der Waals surface area contributed by atoms with Gasteiger partial charge in [-0.3, -0.25) is 0 Å². The average molecular weight is 193 g/mol. The molecular weight excluding hydrogens is 178 g/mol. The van der Waals surface area contributed by atoms with Gasteiger partial charge in [0.15, 0.2) is 0 Å². The van der Waals surface area contributed by atoms with E-state index in [-0.39, 0.29) is 0 Å². The highest BCUT2D eigenvalue weighted by Gasteiger charge is 2.35. The lowest BCUT2D eigenvalue weighted by Crippen LogP contribution is -2.42. The second-order valence-corrected chi connectivity index (χ2v) is 4.21. The maximum Gasteiger partial charge on any atom is 0.292 e. The van der Waals surface area contributed by atoms with Crippen molar-refractivity contribution >= 4 is 6.01 Å². The standard InChI is InChI=1S/C10H15N3O/c11-10-13-8-4-3-7-6(9(8)14-10)2-1-5-12-7/h6-7,12H,1-5H2,(H2,11,13)/t6-,7+/m1/s1. The van der Waals surface area contributed by atoms with Crippen LogP contribution in [-0.4, -0.2) is 17.6 Å². The zero-order valence-electron chi connectivity index (χ0n) is 8.12. The summed E-state index contributed by atoms with van der Waals surface area (Å²) in [5.41, 5.74) is 6.67. The fourth-order valence-electron chi connectivity index (χ4n) is 2.71. The Morgan fingerprint density at radius 1 is 1.43 bits per heavy atom. The van der Waals surface area contributed by atoms with Gasteiger partial charge in [-0.2, -0.15) is 4.98 Å². The molecule has 1 saturated heterocycles. The van der Waals surface area contributed by atoms with Crippen molar-refractivity contribution in [3.8, 4) is 0 Å². The van der Waals surface area contributed by atoms with Crippen molar-refractivity contribution in [1.82, 2.24) is 10.3 Å². The van der Waals surface area contributed by atoms with Crippen LogP contribution in [0.1, 0.15) is 36.6 Å². The molecule has 4 heteroatoms. The van der Waals surface area contributed by atoms with Crippen LogP contribution in [0.5, 0.6) is 0 Å². The van der Waals surface area contributed by atoms with Crippen LogP contribution in [-0.2, 0) is 6.42 Å². The second-order valence-electron chi connectivity index (χ2n) is 4.21. The summed E-state index contributed by atoms with van der Waals surface area (Å²) < 4.78 is 5.50. The van der Waals surface area contributed by atoms with E-state index in [1.54, 1.807) is 0 Å². The number of rotatable bonds is 0. The molecule has 3 N–H and O–H groups in total. The number of aryl methyl sites for hydroxylation is 1. The molecule has 76 valence electrons. The molecule has 0 amide bonds. The number of fused-ring (bicyclic) bond motifs is 3. The number of anilines is 1. The minimum absolute atomic E-state index is 0.334. The van der Waals surface area contributed by atoms with E-state index in [2.05, 4.69) is 10.3 Å². The molecule has 0 radical (unpaired) electrons. The lowest BCUT2D eigenvalue weighted by atomic mass is 9.81. The molecule has 2 atom stereocenters. The Bertz CT molecular complexity index is 347. The third kappa shape index (κ3) is 1.14. The van der Waals surface area contributed by atoms with E-state index < -0.39 is 0 Å². The third-order valence-electron chi connectivity index (χ3n) is 3.36. The summed E-state index contributed by atoms with van der Waals surface area (Å²) in [5, 5.41) is 3.54. The minimum atomic E-state index is 0.334. The Morgan fingerprint density at radius 3 is 3.29 bits per heavy atom. The molecule has 1 fully saturated rings. The van der Waals surface area contributed by atoms with Gasteiger partial charge in [0, 0.05) is 12.0 Å². The molecule has 0 saturated carbocycles. The summed E-state index contributed by atoms with van der Waals surface area (Å²) in [6, 6.07) is 0.921. The van der Waals surface area contributed by atoms with E-state index in [0.717, 1.165) is 24.4 Å². The zero-order chi connectivity index (χ0) is 9.54. The molecule has 0 bridgehead atoms. The van der Waals surface area contributed by atoms with Crippen LogP contribution in [0, 0.1) is 0 Å². The average Bonchev–Trinajstić information content (AvgIpc) is 2.59. The van der Waals surface area contributed by atoms with Crippen molar-refractivity contribution in [3.63, 3.8) is 0 Å². The molecule has 2 aliphatic rings. The summed E-state index contributed by atoms with van der Waals surface area (Å²) in [5.74, 6) is 1.56. The number of oxazole rings is 1. The lowest BCUT2D eigenvalue weighted by molar-refractivity contribution is 0.282. The molecule has 2 heterocycles. The Morgan fingerprint density at radius 2 is 2.36 bits per heavy atom. The van der Waals surface area contributed by atoms with Gasteiger partial charge in [0.2, 0.25) is 0 Å². The summed E-state index contributed by atoms with van der Waals surface area (Å²) in [6.07, 6.45) is 4.61. The van der Waals surface area contributed by atoms with Crippen LogP contribution < -0.4 is 11.1 Å². The maximum absolute atomic E-state index is 5.58. The fourth-order valence-corrected chi connectivity index (χ4v) is 2.71. The SMILES string of the molecule is Nc1nc2c(o1)[C@@H]1CCCN[C@H]1CC2. The summed E-state index contributed by atoms with van der Waals surface area (Å²) in [7, 11) is 0. The molecule has 1 aromatic heterocycles. The summed E-state index contributed by atoms with van der Waals surface area (Å²) >= 11 is 0. The van der Waals surface area contributed by atoms with Gasteiger partial charge in [0.25, 0.3) is 6.01 Å². The number of nitrogen functional groups attached to an aromatic ring is 1. The highest BCUT2D eigenvalue weighted by atomic mass is 16.4. The second kappa shape index (κ2) is 2.98. The summed E-state index contributed by atoms with van der Waals surface area (Å²) in [6.45, 7) is 1.14. The lowest BCUT2D eigenvalue weighted by Gasteiger charge is -2.34. The Balaban J connectivity index is 1.98. The van der Waals surface area contributed by atoms with Gasteiger partial charge in [0.05, 0.1) is 5.69 Å². The molecular formula is C10H15N3O. The predicted octanol–water partition coefficient (Wildman–Crippen LogP) is 1.04. The first kappa shape index (κ1) is 8.29. The first-order chi connectivity index (χ1) is 6.84. The van der Waals surface area contributed by atoms with Gasteiger partial charge in [0.1, 0.15) is 5.76 Å². The van der Waals surface area contributed by atoms with E-state index in [0.29, 0.717) is 18.0 Å². The number of aromatic nitrogens is 1. The first-order valence-electron chi connectivity index (χ1n) is 5.33. The van der Waals surface area contributed by atoms with Gasteiger partial charge in [-0.15, -0.1) is 0 Å². The van der Waals surface area contributed by atoms with Crippen LogP contribution in [0.2, 0.25) is 0 Å². The number of hydrogen-bond acceptors (Lipinski definition) is 4. The van der Waals surface area contributed by atoms with Crippen LogP contribution in [0.4, 0.5) is 6.01 Å². The smallest absolute Gasteiger partial charge is 0.292 e. The molecule has 4 nitrogen and oxygen atoms in total. The molecule has 1 aliphatic heterocycles. The number of piperidine rings is 1. The van der Waals surface area contributed by atoms with Crippen LogP contribution >= 0.6 is 0 Å². The Kier molecular flexibility index (Phi) is 1.77. The minimum Gasteiger partial charge on any atom is -0.428 e. The van der Waals surface area contributed by atoms with E-state index in [1.807, 2.05) is 0 Å². The van der Waals surface area contributed by atoms with E-state index in [4.69, 9.17) is 10.2 Å². The molecule has 0 spiro atoms. The predicted molar refractivity (Wildman–Crippen MR) is 53.0 cm³/mol. The number of hydrogen-bond donors (Lipinski definition) is 2. The topological polar surface area (TPSA) is 64.1 Å². The van der Waals surface area contributed by atoms with E-state index in [1.165, 1.54) is 19.3 Å². The highest BCUT2D eigenvalue weighted by molar-refractivity contribution is 5.27. The number of nitrogens with two attached hydrogens (primary N) is 1. The molecule has 3 rings (SSSR count). The van der Waals surface area contributed by atoms with Crippen LogP contribution in [0.3, 0.4) is 0 Å². The van der Waals surface area contributed by atoms with Crippen molar-refractivity contribution in [1.29, 1.82) is 0 Å². The quantitative estimate of drug-likeness (QED) is 0.646. The van der Waals surface area contributed by atoms with Crippen molar-refractivity contribution in [3.05, 3.63) is 11.5 Å². The van der Waals surface area contributed by atoms with Crippen molar-refractivity contribution in [2.45, 2.75) is 37.6 Å². The van der Waals surface area contributed by atoms with Crippen molar-refractivity contribution < 1.29 is 4.42 Å². The monoisotopic (exact) mass is 193 g/mol. The van der Waals surface area contributed by atoms with Gasteiger partial charge in [-0.05, 0) is 32.2 Å². The normalized spacial score (nSPS) is 30.9. The van der Waals surface area contributed by atoms with Gasteiger partial charge >= 0.3 is 0 Å². The Hall–Kier alpha value is -1.03. The molecule has 0 aromatic carbocycles. The maximum atomic E-state index is 5.58. The van der Waals surface area contributed by atoms with Crippen LogP contribution in [0.25, 0.3) is 0 Å². The van der Waals surface area contributed by atoms with Gasteiger partial charge in [-0.1, -0.05) is 0 Å². The van der Waals surface area contributed by atoms with Crippen molar-refractivity contribution in [2.75, 3.05) is 12.3 Å². The Labute approximate surface area is 82.9 Å². The molecule has 14 heavy (non-hydrogen) atoms. The van der Waals surface area contributed by atoms with Gasteiger partial charge in [-0.25, -0.2) is 0 Å². The van der Waals surface area contributed by atoms with Crippen molar-refractivity contribution in [2.24, 2.45) is 0 Å². The van der Waals surface area contributed by atoms with E-state index in [9.17, 15) is 0 Å². The van der Waals surface area contributed by atoms with Crippen LogP contribution in [0.15, 0.2) is 4.42 Å². The number of nitrogens with zero attached hydrogens (tertiary/aromatic N) is 1.